The second-order valence-corrected chi connectivity index (χ2v) is 1.70. The molecule has 0 saturated heterocycles. The van der Waals surface area contributed by atoms with Gasteiger partial charge in [0, 0.05) is 0 Å². The van der Waals surface area contributed by atoms with Crippen LogP contribution in [0.15, 0.2) is 24.3 Å². The number of aromatic hydroxyl groups is 1. The summed E-state index contributed by atoms with van der Waals surface area (Å²) in [5, 5.41) is 8.80. The number of rotatable bonds is 1. The molecule has 0 radical (unpaired) electrons. The fraction of sp³-hybridized carbons (Fsp3) is 0. The lowest BCUT2D eigenvalue weighted by Crippen LogP contribution is -1.82. The molecule has 0 saturated carbocycles. The zero-order valence-corrected chi connectivity index (χ0v) is 5.16. The van der Waals surface area contributed by atoms with Crippen molar-refractivity contribution in [3.63, 3.8) is 0 Å². The lowest BCUT2D eigenvalue weighted by molar-refractivity contribution is 0.474. The number of hydrogen-bond donors (Lipinski definition) is 1. The van der Waals surface area contributed by atoms with E-state index in [4.69, 9.17) is 9.76 Å². The Labute approximate surface area is 54.5 Å². The second kappa shape index (κ2) is 2.44. The van der Waals surface area contributed by atoms with Crippen LogP contribution in [-0.4, -0.2) is 13.2 Å². The first-order valence-corrected chi connectivity index (χ1v) is 2.66. The Hall–Kier alpha value is -1.12. The van der Waals surface area contributed by atoms with Gasteiger partial charge in [-0.05, 0) is 24.3 Å². The summed E-state index contributed by atoms with van der Waals surface area (Å²) in [6, 6.07) is 6.57. The highest BCUT2D eigenvalue weighted by atomic mass is 16.4. The zero-order valence-electron chi connectivity index (χ0n) is 5.16. The highest BCUT2D eigenvalue weighted by Crippen LogP contribution is 2.14. The lowest BCUT2D eigenvalue weighted by Gasteiger charge is -1.97. The lowest BCUT2D eigenvalue weighted by atomic mass is 10.3. The molecule has 0 fully saturated rings. The standard InChI is InChI=1S/C6H7BO2/c7-9-6-3-1-5(8)2-4-6/h1-4,8H,7H2. The molecule has 0 heterocycles. The Kier molecular flexibility index (Phi) is 1.63. The molecule has 0 aliphatic rings. The minimum absolute atomic E-state index is 0.260. The molecule has 0 aromatic heterocycles. The predicted octanol–water partition coefficient (Wildman–Crippen LogP) is 0.319. The number of phenolic OH excluding ortho intramolecular Hbond substituents is 1. The maximum atomic E-state index is 8.80. The van der Waals surface area contributed by atoms with Crippen molar-refractivity contribution in [2.45, 2.75) is 0 Å². The molecule has 0 amide bonds. The van der Waals surface area contributed by atoms with Crippen LogP contribution in [0.5, 0.6) is 11.5 Å². The van der Waals surface area contributed by atoms with E-state index < -0.39 is 0 Å². The molecular formula is C6H7BO2. The highest BCUT2D eigenvalue weighted by molar-refractivity contribution is 5.99. The van der Waals surface area contributed by atoms with Crippen molar-refractivity contribution in [1.82, 2.24) is 0 Å². The second-order valence-electron chi connectivity index (χ2n) is 1.70. The number of phenols is 1. The molecule has 2 nitrogen and oxygen atoms in total. The van der Waals surface area contributed by atoms with Gasteiger partial charge in [0.25, 0.3) is 0 Å². The summed E-state index contributed by atoms with van der Waals surface area (Å²) in [4.78, 5) is 0. The third-order valence-corrected chi connectivity index (χ3v) is 1.07. The van der Waals surface area contributed by atoms with E-state index in [0.29, 0.717) is 0 Å². The van der Waals surface area contributed by atoms with E-state index in [0.717, 1.165) is 5.75 Å². The van der Waals surface area contributed by atoms with Crippen molar-refractivity contribution in [3.8, 4) is 11.5 Å². The molecule has 1 aromatic carbocycles. The van der Waals surface area contributed by atoms with Gasteiger partial charge in [-0.15, -0.1) is 0 Å². The molecule has 1 rings (SSSR count). The first kappa shape index (κ1) is 6.01. The largest absolute Gasteiger partial charge is 0.568 e. The minimum Gasteiger partial charge on any atom is -0.568 e. The van der Waals surface area contributed by atoms with E-state index in [9.17, 15) is 0 Å². The number of benzene rings is 1. The third kappa shape index (κ3) is 1.39. The third-order valence-electron chi connectivity index (χ3n) is 1.07. The summed E-state index contributed by atoms with van der Waals surface area (Å²) in [5.74, 6) is 1.02. The molecule has 0 atom stereocenters. The number of hydrogen-bond acceptors (Lipinski definition) is 2. The van der Waals surface area contributed by atoms with Crippen LogP contribution in [-0.2, 0) is 0 Å². The predicted molar refractivity (Wildman–Crippen MR) is 37.3 cm³/mol. The van der Waals surface area contributed by atoms with Crippen molar-refractivity contribution in [2.24, 2.45) is 0 Å². The van der Waals surface area contributed by atoms with Gasteiger partial charge in [-0.1, -0.05) is 0 Å². The molecule has 0 spiro atoms. The topological polar surface area (TPSA) is 29.5 Å². The highest BCUT2D eigenvalue weighted by Gasteiger charge is 1.87. The Morgan fingerprint density at radius 3 is 2.22 bits per heavy atom. The molecule has 0 aliphatic heterocycles. The van der Waals surface area contributed by atoms with E-state index >= 15 is 0 Å². The van der Waals surface area contributed by atoms with Crippen molar-refractivity contribution in [1.29, 1.82) is 0 Å². The van der Waals surface area contributed by atoms with Gasteiger partial charge in [-0.2, -0.15) is 0 Å². The monoisotopic (exact) mass is 122 g/mol. The smallest absolute Gasteiger partial charge is 0.322 e. The summed E-state index contributed by atoms with van der Waals surface area (Å²) in [5.41, 5.74) is 0. The Balaban J connectivity index is 2.88. The average Bonchev–Trinajstić information content (AvgIpc) is 1.90. The Morgan fingerprint density at radius 1 is 1.22 bits per heavy atom. The van der Waals surface area contributed by atoms with Crippen LogP contribution in [0.25, 0.3) is 0 Å². The molecule has 3 heteroatoms. The fourth-order valence-electron chi connectivity index (χ4n) is 0.582. The van der Waals surface area contributed by atoms with Gasteiger partial charge in [0.1, 0.15) is 5.75 Å². The van der Waals surface area contributed by atoms with Gasteiger partial charge >= 0.3 is 8.05 Å². The van der Waals surface area contributed by atoms with Crippen molar-refractivity contribution < 1.29 is 9.76 Å². The first-order chi connectivity index (χ1) is 4.33. The molecular weight excluding hydrogens is 115 g/mol. The SMILES string of the molecule is BOc1ccc(O)cc1. The molecule has 0 aliphatic carbocycles. The van der Waals surface area contributed by atoms with Crippen LogP contribution >= 0.6 is 0 Å². The van der Waals surface area contributed by atoms with Crippen LogP contribution in [0.3, 0.4) is 0 Å². The van der Waals surface area contributed by atoms with Crippen molar-refractivity contribution >= 4 is 8.05 Å². The average molecular weight is 122 g/mol. The van der Waals surface area contributed by atoms with E-state index in [2.05, 4.69) is 0 Å². The van der Waals surface area contributed by atoms with E-state index in [1.807, 2.05) is 0 Å². The molecule has 1 aromatic rings. The van der Waals surface area contributed by atoms with Gasteiger partial charge in [-0.25, -0.2) is 0 Å². The summed E-state index contributed by atoms with van der Waals surface area (Å²) in [6.07, 6.45) is 0. The van der Waals surface area contributed by atoms with Gasteiger partial charge in [-0.3, -0.25) is 0 Å². The van der Waals surface area contributed by atoms with Gasteiger partial charge < -0.3 is 9.76 Å². The molecule has 9 heavy (non-hydrogen) atoms. The fourth-order valence-corrected chi connectivity index (χ4v) is 0.582. The summed E-state index contributed by atoms with van der Waals surface area (Å²) < 4.78 is 4.86. The Morgan fingerprint density at radius 2 is 1.78 bits per heavy atom. The molecule has 46 valence electrons. The summed E-state index contributed by atoms with van der Waals surface area (Å²) in [6.45, 7) is 0. The van der Waals surface area contributed by atoms with Crippen molar-refractivity contribution in [2.75, 3.05) is 0 Å². The van der Waals surface area contributed by atoms with Crippen LogP contribution in [0.1, 0.15) is 0 Å². The van der Waals surface area contributed by atoms with E-state index in [-0.39, 0.29) is 5.75 Å². The van der Waals surface area contributed by atoms with Gasteiger partial charge in [0.2, 0.25) is 0 Å². The first-order valence-electron chi connectivity index (χ1n) is 2.66. The van der Waals surface area contributed by atoms with Crippen molar-refractivity contribution in [3.05, 3.63) is 24.3 Å². The van der Waals surface area contributed by atoms with Crippen LogP contribution < -0.4 is 4.65 Å². The molecule has 0 unspecified atom stereocenters. The van der Waals surface area contributed by atoms with Gasteiger partial charge in [0.15, 0.2) is 0 Å². The van der Waals surface area contributed by atoms with Gasteiger partial charge in [0.05, 0.1) is 5.75 Å². The minimum atomic E-state index is 0.260. The summed E-state index contributed by atoms with van der Waals surface area (Å²) >= 11 is 0. The van der Waals surface area contributed by atoms with E-state index in [1.54, 1.807) is 32.3 Å². The van der Waals surface area contributed by atoms with Crippen LogP contribution in [0, 0.1) is 0 Å². The quantitative estimate of drug-likeness (QED) is 0.543. The van der Waals surface area contributed by atoms with Crippen LogP contribution in [0.2, 0.25) is 0 Å². The van der Waals surface area contributed by atoms with Crippen LogP contribution in [0.4, 0.5) is 0 Å². The van der Waals surface area contributed by atoms with E-state index in [1.165, 1.54) is 0 Å². The molecule has 0 bridgehead atoms. The summed E-state index contributed by atoms with van der Waals surface area (Å²) in [7, 11) is 1.59. The Bertz CT molecular complexity index is 183. The maximum absolute atomic E-state index is 8.80. The molecule has 1 N–H and O–H groups in total. The maximum Gasteiger partial charge on any atom is 0.322 e. The normalized spacial score (nSPS) is 8.89. The zero-order chi connectivity index (χ0) is 6.69.